The fourth-order valence-electron chi connectivity index (χ4n) is 3.34. The number of rotatable bonds is 10. The zero-order valence-corrected chi connectivity index (χ0v) is 16.4. The minimum absolute atomic E-state index is 0.375. The fraction of sp³-hybridized carbons (Fsp3) is 0.348. The molecule has 0 N–H and O–H groups in total. The molecule has 3 aromatic rings. The molecule has 0 amide bonds. The van der Waals surface area contributed by atoms with Crippen molar-refractivity contribution in [3.63, 3.8) is 0 Å². The maximum absolute atomic E-state index is 11.7. The highest BCUT2D eigenvalue weighted by Crippen LogP contribution is 2.23. The Morgan fingerprint density at radius 2 is 1.89 bits per heavy atom. The van der Waals surface area contributed by atoms with E-state index in [-0.39, 0.29) is 5.97 Å². The normalized spacial score (nSPS) is 10.9. The van der Waals surface area contributed by atoms with E-state index in [1.165, 1.54) is 39.2 Å². The minimum Gasteiger partial charge on any atom is -0.465 e. The molecule has 0 radical (unpaired) electrons. The molecule has 5 nitrogen and oxygen atoms in total. The van der Waals surface area contributed by atoms with Crippen molar-refractivity contribution in [1.82, 2.24) is 14.5 Å². The SMILES string of the molecule is C=CCCCCCCCn1ccc2cc(-c3cc(C(=O)OC)ccn3)ncc21. The van der Waals surface area contributed by atoms with Gasteiger partial charge in [-0.15, -0.1) is 6.58 Å². The molecule has 0 aromatic carbocycles. The van der Waals surface area contributed by atoms with Crippen molar-refractivity contribution in [2.75, 3.05) is 7.11 Å². The first kappa shape index (κ1) is 19.8. The van der Waals surface area contributed by atoms with Crippen molar-refractivity contribution in [3.05, 3.63) is 61.1 Å². The summed E-state index contributed by atoms with van der Waals surface area (Å²) in [5.41, 5.74) is 3.01. The van der Waals surface area contributed by atoms with Gasteiger partial charge in [-0.1, -0.05) is 25.3 Å². The van der Waals surface area contributed by atoms with E-state index in [2.05, 4.69) is 33.4 Å². The van der Waals surface area contributed by atoms with Crippen molar-refractivity contribution < 1.29 is 9.53 Å². The Balaban J connectivity index is 1.66. The number of aromatic nitrogens is 3. The number of nitrogens with zero attached hydrogens (tertiary/aromatic N) is 3. The van der Waals surface area contributed by atoms with E-state index >= 15 is 0 Å². The summed E-state index contributed by atoms with van der Waals surface area (Å²) in [6.07, 6.45) is 14.9. The van der Waals surface area contributed by atoms with Gasteiger partial charge in [0, 0.05) is 24.3 Å². The van der Waals surface area contributed by atoms with Crippen LogP contribution in [-0.4, -0.2) is 27.6 Å². The summed E-state index contributed by atoms with van der Waals surface area (Å²) in [6.45, 7) is 4.77. The first-order chi connectivity index (χ1) is 13.7. The molecular formula is C23H27N3O2. The Hall–Kier alpha value is -2.95. The molecule has 3 rings (SSSR count). The lowest BCUT2D eigenvalue weighted by molar-refractivity contribution is 0.0600. The van der Waals surface area contributed by atoms with Crippen LogP contribution >= 0.6 is 0 Å². The second-order valence-electron chi connectivity index (χ2n) is 6.90. The number of allylic oxidation sites excluding steroid dienone is 1. The van der Waals surface area contributed by atoms with Crippen molar-refractivity contribution in [1.29, 1.82) is 0 Å². The molecule has 0 unspecified atom stereocenters. The molecule has 0 fully saturated rings. The molecule has 28 heavy (non-hydrogen) atoms. The van der Waals surface area contributed by atoms with Crippen LogP contribution in [0.15, 0.2) is 55.5 Å². The molecule has 0 aliphatic carbocycles. The molecular weight excluding hydrogens is 350 g/mol. The third-order valence-corrected chi connectivity index (χ3v) is 4.91. The minimum atomic E-state index is -0.375. The van der Waals surface area contributed by atoms with Gasteiger partial charge in [-0.25, -0.2) is 4.79 Å². The molecule has 0 saturated carbocycles. The largest absolute Gasteiger partial charge is 0.465 e. The number of hydrogen-bond acceptors (Lipinski definition) is 4. The molecule has 0 spiro atoms. The van der Waals surface area contributed by atoms with E-state index in [0.29, 0.717) is 11.3 Å². The van der Waals surface area contributed by atoms with Gasteiger partial charge in [-0.05, 0) is 43.5 Å². The molecule has 0 bridgehead atoms. The maximum Gasteiger partial charge on any atom is 0.337 e. The molecule has 3 aromatic heterocycles. The first-order valence-corrected chi connectivity index (χ1v) is 9.83. The second-order valence-corrected chi connectivity index (χ2v) is 6.90. The van der Waals surface area contributed by atoms with Crippen LogP contribution in [0.2, 0.25) is 0 Å². The van der Waals surface area contributed by atoms with Gasteiger partial charge in [0.2, 0.25) is 0 Å². The van der Waals surface area contributed by atoms with Gasteiger partial charge in [0.15, 0.2) is 0 Å². The first-order valence-electron chi connectivity index (χ1n) is 9.83. The van der Waals surface area contributed by atoms with Gasteiger partial charge in [-0.2, -0.15) is 0 Å². The van der Waals surface area contributed by atoms with Gasteiger partial charge in [-0.3, -0.25) is 9.97 Å². The topological polar surface area (TPSA) is 57.0 Å². The van der Waals surface area contributed by atoms with Crippen molar-refractivity contribution >= 4 is 16.9 Å². The summed E-state index contributed by atoms with van der Waals surface area (Å²) in [5, 5.41) is 1.13. The van der Waals surface area contributed by atoms with Crippen molar-refractivity contribution in [2.45, 2.75) is 45.1 Å². The van der Waals surface area contributed by atoms with Crippen LogP contribution in [-0.2, 0) is 11.3 Å². The Kier molecular flexibility index (Phi) is 6.95. The van der Waals surface area contributed by atoms with Crippen molar-refractivity contribution in [2.24, 2.45) is 0 Å². The standard InChI is InChI=1S/C23H27N3O2/c1-3-4-5-6-7-8-9-13-26-14-11-18-15-21(25-17-22(18)26)20-16-19(10-12-24-20)23(27)28-2/h3,10-12,14-17H,1,4-9,13H2,2H3. The molecule has 5 heteroatoms. The number of unbranched alkanes of at least 4 members (excludes halogenated alkanes) is 5. The summed E-state index contributed by atoms with van der Waals surface area (Å²) < 4.78 is 7.04. The summed E-state index contributed by atoms with van der Waals surface area (Å²) >= 11 is 0. The number of fused-ring (bicyclic) bond motifs is 1. The highest BCUT2D eigenvalue weighted by Gasteiger charge is 2.10. The number of hydrogen-bond donors (Lipinski definition) is 0. The second kappa shape index (κ2) is 9.83. The number of aryl methyl sites for hydroxylation is 1. The summed E-state index contributed by atoms with van der Waals surface area (Å²) in [7, 11) is 1.37. The van der Waals surface area contributed by atoms with Crippen molar-refractivity contribution in [3.8, 4) is 11.4 Å². The lowest BCUT2D eigenvalue weighted by Gasteiger charge is -2.07. The third kappa shape index (κ3) is 4.85. The number of esters is 1. The Morgan fingerprint density at radius 1 is 1.11 bits per heavy atom. The lowest BCUT2D eigenvalue weighted by atomic mass is 10.1. The molecule has 146 valence electrons. The van der Waals surface area contributed by atoms with Gasteiger partial charge >= 0.3 is 5.97 Å². The molecule has 0 aliphatic heterocycles. The predicted molar refractivity (Wildman–Crippen MR) is 112 cm³/mol. The van der Waals surface area contributed by atoms with E-state index in [0.717, 1.165) is 29.6 Å². The van der Waals surface area contributed by atoms with Crippen LogP contribution in [0.4, 0.5) is 0 Å². The van der Waals surface area contributed by atoms with Crippen LogP contribution in [0.3, 0.4) is 0 Å². The van der Waals surface area contributed by atoms with Crippen LogP contribution in [0.5, 0.6) is 0 Å². The summed E-state index contributed by atoms with van der Waals surface area (Å²) in [4.78, 5) is 20.7. The van der Waals surface area contributed by atoms with E-state index in [4.69, 9.17) is 4.74 Å². The van der Waals surface area contributed by atoms with Gasteiger partial charge < -0.3 is 9.30 Å². The highest BCUT2D eigenvalue weighted by atomic mass is 16.5. The van der Waals surface area contributed by atoms with E-state index in [1.54, 1.807) is 18.3 Å². The highest BCUT2D eigenvalue weighted by molar-refractivity contribution is 5.90. The Labute approximate surface area is 166 Å². The lowest BCUT2D eigenvalue weighted by Crippen LogP contribution is -2.02. The average molecular weight is 377 g/mol. The number of ether oxygens (including phenoxy) is 1. The molecule has 3 heterocycles. The monoisotopic (exact) mass is 377 g/mol. The summed E-state index contributed by atoms with van der Waals surface area (Å²) in [6, 6.07) is 7.48. The van der Waals surface area contributed by atoms with E-state index < -0.39 is 0 Å². The van der Waals surface area contributed by atoms with Crippen LogP contribution < -0.4 is 0 Å². The summed E-state index contributed by atoms with van der Waals surface area (Å²) in [5.74, 6) is -0.375. The predicted octanol–water partition coefficient (Wildman–Crippen LogP) is 5.41. The van der Waals surface area contributed by atoms with Gasteiger partial charge in [0.05, 0.1) is 35.8 Å². The number of pyridine rings is 2. The third-order valence-electron chi connectivity index (χ3n) is 4.91. The smallest absolute Gasteiger partial charge is 0.337 e. The molecule has 0 atom stereocenters. The fourth-order valence-corrected chi connectivity index (χ4v) is 3.34. The maximum atomic E-state index is 11.7. The van der Waals surface area contributed by atoms with E-state index in [9.17, 15) is 4.79 Å². The van der Waals surface area contributed by atoms with Crippen LogP contribution in [0, 0.1) is 0 Å². The zero-order valence-electron chi connectivity index (χ0n) is 16.4. The Morgan fingerprint density at radius 3 is 2.71 bits per heavy atom. The Bertz CT molecular complexity index is 946. The number of methoxy groups -OCH3 is 1. The van der Waals surface area contributed by atoms with Gasteiger partial charge in [0.1, 0.15) is 0 Å². The zero-order chi connectivity index (χ0) is 19.8. The quantitative estimate of drug-likeness (QED) is 0.269. The van der Waals surface area contributed by atoms with Crippen LogP contribution in [0.1, 0.15) is 48.9 Å². The number of carbonyl (C=O) groups excluding carboxylic acids is 1. The molecule has 0 saturated heterocycles. The molecule has 0 aliphatic rings. The van der Waals surface area contributed by atoms with Gasteiger partial charge in [0.25, 0.3) is 0 Å². The average Bonchev–Trinajstić information content (AvgIpc) is 3.15. The van der Waals surface area contributed by atoms with Crippen LogP contribution in [0.25, 0.3) is 22.3 Å². The number of carbonyl (C=O) groups is 1. The van der Waals surface area contributed by atoms with E-state index in [1.807, 2.05) is 18.3 Å².